The van der Waals surface area contributed by atoms with Gasteiger partial charge in [0.05, 0.1) is 0 Å². The quantitative estimate of drug-likeness (QED) is 0.492. The van der Waals surface area contributed by atoms with Crippen molar-refractivity contribution < 1.29 is 4.79 Å². The molecule has 0 spiro atoms. The maximum atomic E-state index is 12.1. The van der Waals surface area contributed by atoms with Crippen molar-refractivity contribution in [2.24, 2.45) is 5.92 Å². The van der Waals surface area contributed by atoms with Crippen LogP contribution in [-0.4, -0.2) is 35.5 Å². The molecule has 28 heavy (non-hydrogen) atoms. The highest BCUT2D eigenvalue weighted by atomic mass is 32.2. The summed E-state index contributed by atoms with van der Waals surface area (Å²) in [4.78, 5) is 23.8. The summed E-state index contributed by atoms with van der Waals surface area (Å²) in [5, 5.41) is 3.74. The van der Waals surface area contributed by atoms with E-state index in [1.165, 1.54) is 0 Å². The van der Waals surface area contributed by atoms with Gasteiger partial charge in [0.15, 0.2) is 5.16 Å². The summed E-state index contributed by atoms with van der Waals surface area (Å²) in [6.45, 7) is 15.1. The van der Waals surface area contributed by atoms with Crippen LogP contribution in [0.15, 0.2) is 29.4 Å². The first-order valence-corrected chi connectivity index (χ1v) is 10.9. The molecule has 0 unspecified atom stereocenters. The Morgan fingerprint density at radius 1 is 1.11 bits per heavy atom. The standard InChI is InChI=1S/C22H32N4OS/c1-7-26(8-2)20-16(5)17(6)24-22(25-20)28-14-18-9-11-19(12-10-18)21(27)23-13-15(3)4/h9-12,15H,7-8,13-14H2,1-6H3,(H,23,27). The molecular weight excluding hydrogens is 368 g/mol. The number of amides is 1. The second-order valence-electron chi connectivity index (χ2n) is 7.30. The summed E-state index contributed by atoms with van der Waals surface area (Å²) < 4.78 is 0. The summed E-state index contributed by atoms with van der Waals surface area (Å²) in [5.41, 5.74) is 4.01. The number of aromatic nitrogens is 2. The molecular formula is C22H32N4OS. The highest BCUT2D eigenvalue weighted by molar-refractivity contribution is 7.98. The Balaban J connectivity index is 2.05. The largest absolute Gasteiger partial charge is 0.357 e. The van der Waals surface area contributed by atoms with Crippen molar-refractivity contribution in [3.05, 3.63) is 46.6 Å². The van der Waals surface area contributed by atoms with Gasteiger partial charge in [0.25, 0.3) is 5.91 Å². The number of rotatable bonds is 9. The number of aryl methyl sites for hydroxylation is 1. The number of benzene rings is 1. The molecule has 1 aromatic carbocycles. The van der Waals surface area contributed by atoms with E-state index in [0.717, 1.165) is 46.6 Å². The van der Waals surface area contributed by atoms with Crippen LogP contribution in [0.4, 0.5) is 5.82 Å². The molecule has 0 bridgehead atoms. The Labute approximate surface area is 173 Å². The van der Waals surface area contributed by atoms with Crippen LogP contribution in [0.2, 0.25) is 0 Å². The first-order valence-electron chi connectivity index (χ1n) is 9.95. The fraction of sp³-hybridized carbons (Fsp3) is 0.500. The minimum absolute atomic E-state index is 0.0192. The fourth-order valence-electron chi connectivity index (χ4n) is 2.78. The molecule has 1 heterocycles. The molecule has 0 aliphatic carbocycles. The van der Waals surface area contributed by atoms with Gasteiger partial charge in [-0.15, -0.1) is 0 Å². The van der Waals surface area contributed by atoms with Crippen molar-refractivity contribution in [2.75, 3.05) is 24.5 Å². The van der Waals surface area contributed by atoms with E-state index in [1.54, 1.807) is 11.8 Å². The van der Waals surface area contributed by atoms with E-state index < -0.39 is 0 Å². The summed E-state index contributed by atoms with van der Waals surface area (Å²) in [6.07, 6.45) is 0. The summed E-state index contributed by atoms with van der Waals surface area (Å²) in [6, 6.07) is 7.77. The number of nitrogens with one attached hydrogen (secondary N) is 1. The van der Waals surface area contributed by atoms with Crippen LogP contribution >= 0.6 is 11.8 Å². The van der Waals surface area contributed by atoms with E-state index >= 15 is 0 Å². The Morgan fingerprint density at radius 3 is 2.32 bits per heavy atom. The second kappa shape index (κ2) is 10.5. The van der Waals surface area contributed by atoms with Gasteiger partial charge in [0.2, 0.25) is 0 Å². The Bertz CT molecular complexity index is 786. The lowest BCUT2D eigenvalue weighted by Crippen LogP contribution is -2.27. The van der Waals surface area contributed by atoms with Gasteiger partial charge in [-0.05, 0) is 51.3 Å². The summed E-state index contributed by atoms with van der Waals surface area (Å²) in [7, 11) is 0. The molecule has 6 heteroatoms. The third kappa shape index (κ3) is 5.96. The van der Waals surface area contributed by atoms with Crippen molar-refractivity contribution in [3.8, 4) is 0 Å². The first kappa shape index (κ1) is 22.2. The van der Waals surface area contributed by atoms with Gasteiger partial charge < -0.3 is 10.2 Å². The van der Waals surface area contributed by atoms with Crippen molar-refractivity contribution in [1.29, 1.82) is 0 Å². The molecule has 0 aliphatic rings. The van der Waals surface area contributed by atoms with E-state index in [4.69, 9.17) is 4.98 Å². The lowest BCUT2D eigenvalue weighted by atomic mass is 10.1. The lowest BCUT2D eigenvalue weighted by Gasteiger charge is -2.23. The molecule has 152 valence electrons. The molecule has 2 rings (SSSR count). The molecule has 0 radical (unpaired) electrons. The number of hydrogen-bond donors (Lipinski definition) is 1. The predicted octanol–water partition coefficient (Wildman–Crippen LogP) is 4.62. The number of anilines is 1. The fourth-order valence-corrected chi connectivity index (χ4v) is 3.62. The van der Waals surface area contributed by atoms with E-state index in [1.807, 2.05) is 31.2 Å². The summed E-state index contributed by atoms with van der Waals surface area (Å²) >= 11 is 1.63. The van der Waals surface area contributed by atoms with Gasteiger partial charge in [-0.1, -0.05) is 37.7 Å². The SMILES string of the molecule is CCN(CC)c1nc(SCc2ccc(C(=O)NCC(C)C)cc2)nc(C)c1C. The molecule has 0 aliphatic heterocycles. The average molecular weight is 401 g/mol. The van der Waals surface area contributed by atoms with Crippen molar-refractivity contribution >= 4 is 23.5 Å². The third-order valence-electron chi connectivity index (χ3n) is 4.66. The molecule has 1 amide bonds. The molecule has 0 fully saturated rings. The topological polar surface area (TPSA) is 58.1 Å². The predicted molar refractivity (Wildman–Crippen MR) is 118 cm³/mol. The normalized spacial score (nSPS) is 11.0. The Hall–Kier alpha value is -2.08. The van der Waals surface area contributed by atoms with Crippen molar-refractivity contribution in [2.45, 2.75) is 52.5 Å². The van der Waals surface area contributed by atoms with Crippen molar-refractivity contribution in [1.82, 2.24) is 15.3 Å². The molecule has 0 atom stereocenters. The second-order valence-corrected chi connectivity index (χ2v) is 8.24. The van der Waals surface area contributed by atoms with Crippen LogP contribution in [-0.2, 0) is 5.75 Å². The molecule has 1 N–H and O–H groups in total. The smallest absolute Gasteiger partial charge is 0.251 e. The van der Waals surface area contributed by atoms with Crippen LogP contribution in [0.3, 0.4) is 0 Å². The molecule has 5 nitrogen and oxygen atoms in total. The maximum Gasteiger partial charge on any atom is 0.251 e. The van der Waals surface area contributed by atoms with Gasteiger partial charge in [-0.25, -0.2) is 9.97 Å². The van der Waals surface area contributed by atoms with E-state index in [9.17, 15) is 4.79 Å². The average Bonchev–Trinajstić information content (AvgIpc) is 2.69. The Kier molecular flexibility index (Phi) is 8.30. The summed E-state index contributed by atoms with van der Waals surface area (Å²) in [5.74, 6) is 2.22. The van der Waals surface area contributed by atoms with Crippen molar-refractivity contribution in [3.63, 3.8) is 0 Å². The van der Waals surface area contributed by atoms with Gasteiger partial charge in [0, 0.05) is 42.2 Å². The number of hydrogen-bond acceptors (Lipinski definition) is 5. The van der Waals surface area contributed by atoms with Gasteiger partial charge in [-0.3, -0.25) is 4.79 Å². The zero-order valence-electron chi connectivity index (χ0n) is 17.9. The van der Waals surface area contributed by atoms with E-state index in [0.29, 0.717) is 18.0 Å². The Morgan fingerprint density at radius 2 is 1.75 bits per heavy atom. The van der Waals surface area contributed by atoms with Crippen LogP contribution < -0.4 is 10.2 Å². The van der Waals surface area contributed by atoms with E-state index in [2.05, 4.69) is 49.8 Å². The van der Waals surface area contributed by atoms with Gasteiger partial charge in [0.1, 0.15) is 5.82 Å². The zero-order valence-corrected chi connectivity index (χ0v) is 18.7. The zero-order chi connectivity index (χ0) is 20.7. The lowest BCUT2D eigenvalue weighted by molar-refractivity contribution is 0.0949. The molecule has 0 saturated carbocycles. The van der Waals surface area contributed by atoms with Crippen LogP contribution in [0, 0.1) is 19.8 Å². The van der Waals surface area contributed by atoms with Crippen LogP contribution in [0.5, 0.6) is 0 Å². The highest BCUT2D eigenvalue weighted by Crippen LogP contribution is 2.26. The van der Waals surface area contributed by atoms with Gasteiger partial charge in [-0.2, -0.15) is 0 Å². The highest BCUT2D eigenvalue weighted by Gasteiger charge is 2.13. The van der Waals surface area contributed by atoms with Gasteiger partial charge >= 0.3 is 0 Å². The number of nitrogens with zero attached hydrogens (tertiary/aromatic N) is 3. The number of carbonyl (C=O) groups is 1. The number of thioether (sulfide) groups is 1. The minimum atomic E-state index is -0.0192. The minimum Gasteiger partial charge on any atom is -0.357 e. The van der Waals surface area contributed by atoms with E-state index in [-0.39, 0.29) is 5.91 Å². The third-order valence-corrected chi connectivity index (χ3v) is 5.58. The first-order chi connectivity index (χ1) is 13.3. The maximum absolute atomic E-state index is 12.1. The molecule has 2 aromatic rings. The van der Waals surface area contributed by atoms with Crippen LogP contribution in [0.1, 0.15) is 54.9 Å². The molecule has 0 saturated heterocycles. The molecule has 1 aromatic heterocycles. The number of carbonyl (C=O) groups excluding carboxylic acids is 1. The monoisotopic (exact) mass is 400 g/mol. The van der Waals surface area contributed by atoms with Crippen LogP contribution in [0.25, 0.3) is 0 Å².